The number of ether oxygens (including phenoxy) is 1. The molecule has 30 heavy (non-hydrogen) atoms. The van der Waals surface area contributed by atoms with Gasteiger partial charge < -0.3 is 20.5 Å². The number of carbonyl (C=O) groups is 2. The van der Waals surface area contributed by atoms with Gasteiger partial charge in [0.05, 0.1) is 31.6 Å². The first-order valence-corrected chi connectivity index (χ1v) is 10.1. The molecule has 0 fully saturated rings. The first-order valence-electron chi connectivity index (χ1n) is 10.1. The van der Waals surface area contributed by atoms with Gasteiger partial charge in [0.2, 0.25) is 11.8 Å². The van der Waals surface area contributed by atoms with Crippen LogP contribution in [0.1, 0.15) is 17.7 Å². The van der Waals surface area contributed by atoms with Crippen molar-refractivity contribution in [2.75, 3.05) is 13.2 Å². The standard InChI is InChI=1S/C23H27N3O4/c27-16-21-20(26-23(29)14-18-8-4-5-12-24-18)10-9-19(30-21)15-22(28)25-13-11-17-6-2-1-3-7-17/h1-10,12,19-21,27H,11,13-16H2,(H,25,28)(H,26,29)/t19-,20-,21-/m1/s1. The number of benzene rings is 1. The van der Waals surface area contributed by atoms with E-state index in [-0.39, 0.29) is 31.3 Å². The molecule has 2 amide bonds. The zero-order chi connectivity index (χ0) is 21.2. The number of rotatable bonds is 9. The maximum absolute atomic E-state index is 12.3. The molecule has 1 aromatic heterocycles. The number of aliphatic hydroxyl groups excluding tert-OH is 1. The van der Waals surface area contributed by atoms with Gasteiger partial charge in [-0.15, -0.1) is 0 Å². The molecule has 0 bridgehead atoms. The molecule has 7 heteroatoms. The van der Waals surface area contributed by atoms with Gasteiger partial charge in [-0.05, 0) is 24.1 Å². The molecule has 3 rings (SSSR count). The Morgan fingerprint density at radius 3 is 2.57 bits per heavy atom. The van der Waals surface area contributed by atoms with Crippen molar-refractivity contribution < 1.29 is 19.4 Å². The highest BCUT2D eigenvalue weighted by Crippen LogP contribution is 2.16. The highest BCUT2D eigenvalue weighted by molar-refractivity contribution is 5.79. The maximum Gasteiger partial charge on any atom is 0.226 e. The van der Waals surface area contributed by atoms with Gasteiger partial charge >= 0.3 is 0 Å². The van der Waals surface area contributed by atoms with Gasteiger partial charge in [0, 0.05) is 18.4 Å². The van der Waals surface area contributed by atoms with Crippen LogP contribution in [0.5, 0.6) is 0 Å². The van der Waals surface area contributed by atoms with Gasteiger partial charge in [-0.1, -0.05) is 48.6 Å². The lowest BCUT2D eigenvalue weighted by Gasteiger charge is -2.31. The largest absolute Gasteiger partial charge is 0.394 e. The summed E-state index contributed by atoms with van der Waals surface area (Å²) in [6.07, 6.45) is 5.20. The van der Waals surface area contributed by atoms with Crippen LogP contribution in [-0.4, -0.2) is 53.3 Å². The Labute approximate surface area is 176 Å². The molecule has 0 saturated heterocycles. The third-order valence-electron chi connectivity index (χ3n) is 4.82. The first-order chi connectivity index (χ1) is 14.6. The zero-order valence-corrected chi connectivity index (χ0v) is 16.7. The van der Waals surface area contributed by atoms with E-state index in [0.29, 0.717) is 12.2 Å². The van der Waals surface area contributed by atoms with Crippen LogP contribution in [0.25, 0.3) is 0 Å². The third-order valence-corrected chi connectivity index (χ3v) is 4.82. The quantitative estimate of drug-likeness (QED) is 0.540. The van der Waals surface area contributed by atoms with Crippen molar-refractivity contribution in [1.29, 1.82) is 0 Å². The number of carbonyl (C=O) groups excluding carboxylic acids is 2. The number of aromatic nitrogens is 1. The third kappa shape index (κ3) is 6.79. The van der Waals surface area contributed by atoms with E-state index in [9.17, 15) is 14.7 Å². The molecular weight excluding hydrogens is 382 g/mol. The lowest BCUT2D eigenvalue weighted by atomic mass is 10.0. The molecule has 1 aliphatic rings. The second-order valence-electron chi connectivity index (χ2n) is 7.16. The van der Waals surface area contributed by atoms with Crippen LogP contribution >= 0.6 is 0 Å². The average Bonchev–Trinajstić information content (AvgIpc) is 2.76. The number of aliphatic hydroxyl groups is 1. The van der Waals surface area contributed by atoms with Gasteiger partial charge in [-0.3, -0.25) is 14.6 Å². The maximum atomic E-state index is 12.3. The Bertz CT molecular complexity index is 842. The Morgan fingerprint density at radius 1 is 1.03 bits per heavy atom. The minimum Gasteiger partial charge on any atom is -0.394 e. The van der Waals surface area contributed by atoms with Crippen LogP contribution < -0.4 is 10.6 Å². The molecule has 0 unspecified atom stereocenters. The van der Waals surface area contributed by atoms with Crippen LogP contribution in [0.3, 0.4) is 0 Å². The topological polar surface area (TPSA) is 101 Å². The summed E-state index contributed by atoms with van der Waals surface area (Å²) in [6, 6.07) is 14.9. The molecule has 0 spiro atoms. The summed E-state index contributed by atoms with van der Waals surface area (Å²) in [5.41, 5.74) is 1.83. The molecular formula is C23H27N3O4. The fraction of sp³-hybridized carbons (Fsp3) is 0.348. The van der Waals surface area contributed by atoms with E-state index in [0.717, 1.165) is 12.0 Å². The number of nitrogens with one attached hydrogen (secondary N) is 2. The lowest BCUT2D eigenvalue weighted by molar-refractivity contribution is -0.128. The zero-order valence-electron chi connectivity index (χ0n) is 16.7. The van der Waals surface area contributed by atoms with Crippen LogP contribution in [0.2, 0.25) is 0 Å². The first kappa shape index (κ1) is 21.7. The van der Waals surface area contributed by atoms with Gasteiger partial charge in [-0.2, -0.15) is 0 Å². The monoisotopic (exact) mass is 409 g/mol. The molecule has 0 saturated carbocycles. The van der Waals surface area contributed by atoms with Gasteiger partial charge in [0.15, 0.2) is 0 Å². The number of hydrogen-bond acceptors (Lipinski definition) is 5. The van der Waals surface area contributed by atoms with E-state index in [4.69, 9.17) is 4.74 Å². The molecule has 3 atom stereocenters. The van der Waals surface area contributed by atoms with Crippen LogP contribution in [0.4, 0.5) is 0 Å². The predicted octanol–water partition coefficient (Wildman–Crippen LogP) is 1.17. The molecule has 1 aromatic carbocycles. The summed E-state index contributed by atoms with van der Waals surface area (Å²) >= 11 is 0. The van der Waals surface area contributed by atoms with Crippen molar-refractivity contribution in [3.05, 3.63) is 78.1 Å². The Balaban J connectivity index is 1.44. The van der Waals surface area contributed by atoms with Crippen LogP contribution in [-0.2, 0) is 27.2 Å². The Morgan fingerprint density at radius 2 is 1.83 bits per heavy atom. The van der Waals surface area contributed by atoms with Crippen molar-refractivity contribution in [3.8, 4) is 0 Å². The molecule has 0 radical (unpaired) electrons. The molecule has 7 nitrogen and oxygen atoms in total. The number of amides is 2. The SMILES string of the molecule is O=C(C[C@H]1C=C[C@@H](NC(=O)Cc2ccccn2)[C@@H](CO)O1)NCCc1ccccc1. The van der Waals surface area contributed by atoms with Gasteiger partial charge in [-0.25, -0.2) is 0 Å². The summed E-state index contributed by atoms with van der Waals surface area (Å²) in [5.74, 6) is -0.322. The van der Waals surface area contributed by atoms with E-state index in [2.05, 4.69) is 15.6 Å². The van der Waals surface area contributed by atoms with Crippen molar-refractivity contribution >= 4 is 11.8 Å². The second kappa shape index (κ2) is 11.2. The van der Waals surface area contributed by atoms with Crippen molar-refractivity contribution in [2.24, 2.45) is 0 Å². The normalized spacial score (nSPS) is 20.5. The summed E-state index contributed by atoms with van der Waals surface area (Å²) in [5, 5.41) is 15.4. The Kier molecular flexibility index (Phi) is 8.11. The van der Waals surface area contributed by atoms with E-state index >= 15 is 0 Å². The predicted molar refractivity (Wildman–Crippen MR) is 113 cm³/mol. The Hall–Kier alpha value is -3.03. The lowest BCUT2D eigenvalue weighted by Crippen LogP contribution is -2.49. The number of hydrogen-bond donors (Lipinski definition) is 3. The van der Waals surface area contributed by atoms with Crippen LogP contribution in [0, 0.1) is 0 Å². The smallest absolute Gasteiger partial charge is 0.226 e. The summed E-state index contributed by atoms with van der Waals surface area (Å²) < 4.78 is 5.81. The number of nitrogens with zero attached hydrogens (tertiary/aromatic N) is 1. The highest BCUT2D eigenvalue weighted by Gasteiger charge is 2.29. The summed E-state index contributed by atoms with van der Waals surface area (Å²) in [6.45, 7) is 0.292. The minimum atomic E-state index is -0.607. The fourth-order valence-electron chi connectivity index (χ4n) is 3.29. The molecule has 158 valence electrons. The molecule has 2 aromatic rings. The second-order valence-corrected chi connectivity index (χ2v) is 7.16. The average molecular weight is 409 g/mol. The van der Waals surface area contributed by atoms with E-state index in [1.807, 2.05) is 36.4 Å². The summed E-state index contributed by atoms with van der Waals surface area (Å²) in [4.78, 5) is 28.6. The molecule has 0 aliphatic carbocycles. The minimum absolute atomic E-state index is 0.116. The molecule has 3 N–H and O–H groups in total. The summed E-state index contributed by atoms with van der Waals surface area (Å²) in [7, 11) is 0. The van der Waals surface area contributed by atoms with Gasteiger partial charge in [0.25, 0.3) is 0 Å². The van der Waals surface area contributed by atoms with Crippen molar-refractivity contribution in [1.82, 2.24) is 15.6 Å². The molecule has 1 aliphatic heterocycles. The fourth-order valence-corrected chi connectivity index (χ4v) is 3.29. The molecule has 2 heterocycles. The van der Waals surface area contributed by atoms with E-state index < -0.39 is 18.2 Å². The van der Waals surface area contributed by atoms with Crippen molar-refractivity contribution in [3.63, 3.8) is 0 Å². The van der Waals surface area contributed by atoms with E-state index in [1.54, 1.807) is 30.5 Å². The number of pyridine rings is 1. The van der Waals surface area contributed by atoms with Crippen molar-refractivity contribution in [2.45, 2.75) is 37.5 Å². The highest BCUT2D eigenvalue weighted by atomic mass is 16.5. The van der Waals surface area contributed by atoms with Crippen LogP contribution in [0.15, 0.2) is 66.9 Å². The van der Waals surface area contributed by atoms with E-state index in [1.165, 1.54) is 0 Å². The van der Waals surface area contributed by atoms with Gasteiger partial charge in [0.1, 0.15) is 6.10 Å².